The van der Waals surface area contributed by atoms with Crippen molar-refractivity contribution in [1.82, 2.24) is 5.32 Å². The molecule has 50 valence electrons. The van der Waals surface area contributed by atoms with E-state index in [2.05, 4.69) is 5.32 Å². The Balaban J connectivity index is 1.97. The monoisotopic (exact) mass is 126 g/mol. The molecule has 0 aromatic heterocycles. The van der Waals surface area contributed by atoms with Crippen LogP contribution in [0.25, 0.3) is 0 Å². The molecule has 3 atom stereocenters. The lowest BCUT2D eigenvalue weighted by atomic mass is 10.2. The lowest BCUT2D eigenvalue weighted by Crippen LogP contribution is -2.38. The molecule has 0 aromatic rings. The number of hydrogen-bond acceptors (Lipinski definition) is 2. The van der Waals surface area contributed by atoms with E-state index in [-0.39, 0.29) is 11.9 Å². The van der Waals surface area contributed by atoms with Gasteiger partial charge in [-0.15, -0.1) is 0 Å². The summed E-state index contributed by atoms with van der Waals surface area (Å²) in [5.41, 5.74) is 5.08. The topological polar surface area (TPSA) is 55.1 Å². The van der Waals surface area contributed by atoms with Crippen LogP contribution in [0.2, 0.25) is 0 Å². The Kier molecular flexibility index (Phi) is 0.858. The summed E-state index contributed by atoms with van der Waals surface area (Å²) < 4.78 is 0. The third-order valence-electron chi connectivity index (χ3n) is 2.22. The fourth-order valence-corrected chi connectivity index (χ4v) is 1.54. The largest absolute Gasteiger partial charge is 0.368 e. The molecular weight excluding hydrogens is 116 g/mol. The smallest absolute Gasteiger partial charge is 0.234 e. The number of rotatable bonds is 1. The van der Waals surface area contributed by atoms with Gasteiger partial charge in [-0.25, -0.2) is 0 Å². The van der Waals surface area contributed by atoms with Crippen molar-refractivity contribution in [3.63, 3.8) is 0 Å². The van der Waals surface area contributed by atoms with Crippen LogP contribution in [-0.4, -0.2) is 18.0 Å². The van der Waals surface area contributed by atoms with Gasteiger partial charge in [0, 0.05) is 6.04 Å². The highest BCUT2D eigenvalue weighted by Gasteiger charge is 2.47. The van der Waals surface area contributed by atoms with Gasteiger partial charge in [-0.05, 0) is 18.8 Å². The average Bonchev–Trinajstić information content (AvgIpc) is 2.40. The van der Waals surface area contributed by atoms with Gasteiger partial charge in [0.25, 0.3) is 0 Å². The molecule has 3 nitrogen and oxygen atoms in total. The SMILES string of the molecule is NC(=O)[C@@H]1C[C@H]2C[C@H]2N1. The highest BCUT2D eigenvalue weighted by Crippen LogP contribution is 2.40. The predicted octanol–water partition coefficient (Wildman–Crippen LogP) is -0.778. The van der Waals surface area contributed by atoms with Crippen LogP contribution >= 0.6 is 0 Å². The summed E-state index contributed by atoms with van der Waals surface area (Å²) in [6.07, 6.45) is 2.23. The molecule has 1 amide bonds. The maximum Gasteiger partial charge on any atom is 0.234 e. The summed E-state index contributed by atoms with van der Waals surface area (Å²) in [5, 5.41) is 3.15. The molecule has 1 saturated carbocycles. The number of nitrogens with two attached hydrogens (primary N) is 1. The van der Waals surface area contributed by atoms with Crippen LogP contribution < -0.4 is 11.1 Å². The minimum absolute atomic E-state index is 0.0197. The minimum Gasteiger partial charge on any atom is -0.368 e. The summed E-state index contributed by atoms with van der Waals surface area (Å²) in [7, 11) is 0. The quantitative estimate of drug-likeness (QED) is 0.484. The average molecular weight is 126 g/mol. The molecule has 1 aliphatic carbocycles. The van der Waals surface area contributed by atoms with Gasteiger partial charge < -0.3 is 11.1 Å². The second-order valence-corrected chi connectivity index (χ2v) is 2.96. The van der Waals surface area contributed by atoms with Crippen molar-refractivity contribution in [3.8, 4) is 0 Å². The molecule has 0 aromatic carbocycles. The van der Waals surface area contributed by atoms with Crippen LogP contribution in [0.4, 0.5) is 0 Å². The fraction of sp³-hybridized carbons (Fsp3) is 0.833. The van der Waals surface area contributed by atoms with Crippen molar-refractivity contribution in [3.05, 3.63) is 0 Å². The van der Waals surface area contributed by atoms with Crippen molar-refractivity contribution in [2.45, 2.75) is 24.9 Å². The van der Waals surface area contributed by atoms with Crippen LogP contribution in [0.3, 0.4) is 0 Å². The van der Waals surface area contributed by atoms with Gasteiger partial charge in [0.1, 0.15) is 0 Å². The van der Waals surface area contributed by atoms with E-state index in [0.717, 1.165) is 12.3 Å². The number of primary amides is 1. The van der Waals surface area contributed by atoms with Gasteiger partial charge in [0.15, 0.2) is 0 Å². The fourth-order valence-electron chi connectivity index (χ4n) is 1.54. The Hall–Kier alpha value is -0.570. The number of fused-ring (bicyclic) bond motifs is 1. The zero-order chi connectivity index (χ0) is 6.43. The molecule has 3 heteroatoms. The summed E-state index contributed by atoms with van der Waals surface area (Å²) in [4.78, 5) is 10.5. The number of hydrogen-bond donors (Lipinski definition) is 2. The van der Waals surface area contributed by atoms with Gasteiger partial charge >= 0.3 is 0 Å². The van der Waals surface area contributed by atoms with Crippen LogP contribution in [0.1, 0.15) is 12.8 Å². The van der Waals surface area contributed by atoms with Crippen LogP contribution in [0, 0.1) is 5.92 Å². The van der Waals surface area contributed by atoms with Crippen molar-refractivity contribution >= 4 is 5.91 Å². The number of carbonyl (C=O) groups excluding carboxylic acids is 1. The summed E-state index contributed by atoms with van der Waals surface area (Å²) in [5.74, 6) is 0.574. The third-order valence-corrected chi connectivity index (χ3v) is 2.22. The van der Waals surface area contributed by atoms with E-state index >= 15 is 0 Å². The van der Waals surface area contributed by atoms with Gasteiger partial charge in [0.2, 0.25) is 5.91 Å². The van der Waals surface area contributed by atoms with E-state index in [9.17, 15) is 4.79 Å². The zero-order valence-corrected chi connectivity index (χ0v) is 5.13. The van der Waals surface area contributed by atoms with Gasteiger partial charge in [-0.1, -0.05) is 0 Å². The Labute approximate surface area is 53.6 Å². The van der Waals surface area contributed by atoms with E-state index < -0.39 is 0 Å². The first-order valence-corrected chi connectivity index (χ1v) is 3.33. The molecule has 9 heavy (non-hydrogen) atoms. The molecule has 2 fully saturated rings. The molecule has 0 spiro atoms. The lowest BCUT2D eigenvalue weighted by Gasteiger charge is -2.06. The standard InChI is InChI=1S/C6H10N2O/c7-6(9)5-2-3-1-4(3)8-5/h3-5,8H,1-2H2,(H2,7,9)/t3-,4-,5+/m1/s1. The van der Waals surface area contributed by atoms with Crippen molar-refractivity contribution in [2.24, 2.45) is 11.7 Å². The van der Waals surface area contributed by atoms with Gasteiger partial charge in [-0.2, -0.15) is 0 Å². The van der Waals surface area contributed by atoms with Crippen molar-refractivity contribution in [2.75, 3.05) is 0 Å². The molecule has 1 aliphatic heterocycles. The second kappa shape index (κ2) is 1.48. The summed E-state index contributed by atoms with van der Waals surface area (Å²) >= 11 is 0. The molecule has 1 heterocycles. The molecule has 2 rings (SSSR count). The lowest BCUT2D eigenvalue weighted by molar-refractivity contribution is -0.119. The van der Waals surface area contributed by atoms with E-state index in [1.807, 2.05) is 0 Å². The molecular formula is C6H10N2O. The second-order valence-electron chi connectivity index (χ2n) is 2.96. The third kappa shape index (κ3) is 0.721. The highest BCUT2D eigenvalue weighted by atomic mass is 16.1. The number of piperidine rings is 1. The first-order valence-electron chi connectivity index (χ1n) is 3.33. The van der Waals surface area contributed by atoms with Crippen LogP contribution in [-0.2, 0) is 4.79 Å². The first-order chi connectivity index (χ1) is 4.27. The van der Waals surface area contributed by atoms with Gasteiger partial charge in [0.05, 0.1) is 6.04 Å². The number of carbonyl (C=O) groups is 1. The summed E-state index contributed by atoms with van der Waals surface area (Å²) in [6.45, 7) is 0. The Morgan fingerprint density at radius 1 is 1.56 bits per heavy atom. The molecule has 0 unspecified atom stereocenters. The molecule has 1 saturated heterocycles. The van der Waals surface area contributed by atoms with Crippen LogP contribution in [0.15, 0.2) is 0 Å². The Bertz CT molecular complexity index is 147. The van der Waals surface area contributed by atoms with Gasteiger partial charge in [-0.3, -0.25) is 4.79 Å². The molecule has 0 bridgehead atoms. The van der Waals surface area contributed by atoms with E-state index in [4.69, 9.17) is 5.73 Å². The predicted molar refractivity (Wildman–Crippen MR) is 32.6 cm³/mol. The molecule has 3 N–H and O–H groups in total. The highest BCUT2D eigenvalue weighted by molar-refractivity contribution is 5.80. The zero-order valence-electron chi connectivity index (χ0n) is 5.13. The molecule has 0 radical (unpaired) electrons. The first kappa shape index (κ1) is 5.23. The number of nitrogens with one attached hydrogen (secondary N) is 1. The number of amides is 1. The maximum atomic E-state index is 10.5. The van der Waals surface area contributed by atoms with Crippen molar-refractivity contribution < 1.29 is 4.79 Å². The van der Waals surface area contributed by atoms with E-state index in [1.165, 1.54) is 6.42 Å². The minimum atomic E-state index is -0.192. The van der Waals surface area contributed by atoms with Crippen molar-refractivity contribution in [1.29, 1.82) is 0 Å². The molecule has 2 aliphatic rings. The normalized spacial score (nSPS) is 46.4. The summed E-state index contributed by atoms with van der Waals surface area (Å²) in [6, 6.07) is 0.608. The van der Waals surface area contributed by atoms with E-state index in [1.54, 1.807) is 0 Å². The van der Waals surface area contributed by atoms with E-state index in [0.29, 0.717) is 6.04 Å². The maximum absolute atomic E-state index is 10.5. The van der Waals surface area contributed by atoms with Crippen LogP contribution in [0.5, 0.6) is 0 Å². The Morgan fingerprint density at radius 2 is 2.33 bits per heavy atom. The Morgan fingerprint density at radius 3 is 2.67 bits per heavy atom.